The van der Waals surface area contributed by atoms with Crippen LogP contribution in [0.4, 0.5) is 10.5 Å². The number of nitrogens with zero attached hydrogens (tertiary/aromatic N) is 2. The minimum absolute atomic E-state index is 0.207. The van der Waals surface area contributed by atoms with Gasteiger partial charge in [0, 0.05) is 18.4 Å². The van der Waals surface area contributed by atoms with Crippen molar-refractivity contribution < 1.29 is 4.79 Å². The van der Waals surface area contributed by atoms with Crippen LogP contribution in [-0.2, 0) is 6.54 Å². The number of aromatic nitrogens is 2. The summed E-state index contributed by atoms with van der Waals surface area (Å²) in [5, 5.41) is 12.2. The third-order valence-electron chi connectivity index (χ3n) is 3.32. The van der Waals surface area contributed by atoms with Crippen molar-refractivity contribution in [2.45, 2.75) is 13.5 Å². The second kappa shape index (κ2) is 7.11. The molecule has 2 aromatic heterocycles. The number of hydrogen-bond donors (Lipinski definition) is 2. The lowest BCUT2D eigenvalue weighted by Gasteiger charge is -2.08. The zero-order valence-electron chi connectivity index (χ0n) is 12.8. The molecule has 0 aliphatic carbocycles. The van der Waals surface area contributed by atoms with Crippen LogP contribution in [0.5, 0.6) is 0 Å². The highest BCUT2D eigenvalue weighted by Crippen LogP contribution is 2.22. The molecule has 0 aliphatic rings. The van der Waals surface area contributed by atoms with Crippen molar-refractivity contribution in [3.05, 3.63) is 59.6 Å². The smallest absolute Gasteiger partial charge is 0.319 e. The van der Waals surface area contributed by atoms with Crippen molar-refractivity contribution in [2.75, 3.05) is 11.9 Å². The monoisotopic (exact) mass is 326 g/mol. The Morgan fingerprint density at radius 2 is 2.17 bits per heavy atom. The number of anilines is 1. The minimum Gasteiger partial charge on any atom is -0.336 e. The van der Waals surface area contributed by atoms with Gasteiger partial charge in [-0.25, -0.2) is 4.79 Å². The number of nitrogens with one attached hydrogen (secondary N) is 2. The highest BCUT2D eigenvalue weighted by Gasteiger charge is 2.04. The summed E-state index contributed by atoms with van der Waals surface area (Å²) in [6, 6.07) is 13.5. The molecule has 0 radical (unpaired) electrons. The first-order chi connectivity index (χ1) is 11.2. The number of carbonyl (C=O) groups excluding carboxylic acids is 1. The molecule has 6 heteroatoms. The predicted octanol–water partition coefficient (Wildman–Crippen LogP) is 3.74. The van der Waals surface area contributed by atoms with Crippen LogP contribution in [0.1, 0.15) is 5.56 Å². The Morgan fingerprint density at radius 1 is 1.26 bits per heavy atom. The maximum Gasteiger partial charge on any atom is 0.319 e. The molecule has 0 spiro atoms. The fraction of sp³-hybridized carbons (Fsp3) is 0.176. The summed E-state index contributed by atoms with van der Waals surface area (Å²) in [6.07, 6.45) is 1.93. The maximum atomic E-state index is 11.9. The molecule has 1 aromatic carbocycles. The average Bonchev–Trinajstić information content (AvgIpc) is 3.18. The molecule has 0 unspecified atom stereocenters. The SMILES string of the molecule is Cc1cccc(NC(=O)NCCn2ccc(-c3cccs3)n2)c1. The number of urea groups is 1. The molecule has 23 heavy (non-hydrogen) atoms. The van der Waals surface area contributed by atoms with Gasteiger partial charge in [-0.05, 0) is 42.1 Å². The largest absolute Gasteiger partial charge is 0.336 e. The number of rotatable bonds is 5. The Balaban J connectivity index is 1.47. The standard InChI is InChI=1S/C17H18N4OS/c1-13-4-2-5-14(12-13)19-17(22)18-8-10-21-9-7-15(20-21)16-6-3-11-23-16/h2-7,9,11-12H,8,10H2,1H3,(H2,18,19,22). The van der Waals surface area contributed by atoms with Crippen molar-refractivity contribution in [1.29, 1.82) is 0 Å². The van der Waals surface area contributed by atoms with Crippen LogP contribution in [0.2, 0.25) is 0 Å². The molecule has 3 rings (SSSR count). The van der Waals surface area contributed by atoms with Crippen molar-refractivity contribution in [2.24, 2.45) is 0 Å². The fourth-order valence-electron chi connectivity index (χ4n) is 2.22. The van der Waals surface area contributed by atoms with E-state index in [2.05, 4.69) is 15.7 Å². The van der Waals surface area contributed by atoms with Crippen molar-refractivity contribution >= 4 is 23.1 Å². The summed E-state index contributed by atoms with van der Waals surface area (Å²) in [5.41, 5.74) is 2.87. The lowest BCUT2D eigenvalue weighted by molar-refractivity contribution is 0.251. The average molecular weight is 326 g/mol. The summed E-state index contributed by atoms with van der Waals surface area (Å²) in [7, 11) is 0. The molecular formula is C17H18N4OS. The van der Waals surface area contributed by atoms with Crippen molar-refractivity contribution in [1.82, 2.24) is 15.1 Å². The van der Waals surface area contributed by atoms with Gasteiger partial charge in [-0.3, -0.25) is 4.68 Å². The quantitative estimate of drug-likeness (QED) is 0.750. The lowest BCUT2D eigenvalue weighted by Crippen LogP contribution is -2.31. The van der Waals surface area contributed by atoms with Gasteiger partial charge in [0.25, 0.3) is 0 Å². The molecule has 0 atom stereocenters. The Kier molecular flexibility index (Phi) is 4.73. The Bertz CT molecular complexity index is 780. The number of benzene rings is 1. The van der Waals surface area contributed by atoms with E-state index in [-0.39, 0.29) is 6.03 Å². The number of aryl methyl sites for hydroxylation is 1. The van der Waals surface area contributed by atoms with Crippen molar-refractivity contribution in [3.63, 3.8) is 0 Å². The molecule has 118 valence electrons. The van der Waals surface area contributed by atoms with Crippen LogP contribution in [0.3, 0.4) is 0 Å². The Labute approximate surface area is 139 Å². The summed E-state index contributed by atoms with van der Waals surface area (Å²) in [5.74, 6) is 0. The maximum absolute atomic E-state index is 11.9. The molecule has 2 heterocycles. The highest BCUT2D eigenvalue weighted by molar-refractivity contribution is 7.13. The van der Waals surface area contributed by atoms with Gasteiger partial charge in [0.1, 0.15) is 5.69 Å². The first-order valence-electron chi connectivity index (χ1n) is 7.39. The first kappa shape index (κ1) is 15.3. The van der Waals surface area contributed by atoms with Gasteiger partial charge in [0.15, 0.2) is 0 Å². The molecular weight excluding hydrogens is 308 g/mol. The van der Waals surface area contributed by atoms with Crippen LogP contribution in [0.15, 0.2) is 54.0 Å². The third kappa shape index (κ3) is 4.20. The predicted molar refractivity (Wildman–Crippen MR) is 93.7 cm³/mol. The van der Waals surface area contributed by atoms with E-state index in [0.29, 0.717) is 13.1 Å². The molecule has 3 aromatic rings. The van der Waals surface area contributed by atoms with Crippen molar-refractivity contribution in [3.8, 4) is 10.6 Å². The van der Waals surface area contributed by atoms with Crippen LogP contribution < -0.4 is 10.6 Å². The van der Waals surface area contributed by atoms with E-state index in [0.717, 1.165) is 21.8 Å². The molecule has 0 bridgehead atoms. The lowest BCUT2D eigenvalue weighted by atomic mass is 10.2. The molecule has 5 nitrogen and oxygen atoms in total. The van der Waals surface area contributed by atoms with E-state index in [9.17, 15) is 4.79 Å². The fourth-order valence-corrected chi connectivity index (χ4v) is 2.91. The molecule has 2 amide bonds. The van der Waals surface area contributed by atoms with Gasteiger partial charge in [-0.2, -0.15) is 5.10 Å². The topological polar surface area (TPSA) is 59.0 Å². The summed E-state index contributed by atoms with van der Waals surface area (Å²) >= 11 is 1.66. The minimum atomic E-state index is -0.207. The van der Waals surface area contributed by atoms with Gasteiger partial charge in [-0.15, -0.1) is 11.3 Å². The highest BCUT2D eigenvalue weighted by atomic mass is 32.1. The Morgan fingerprint density at radius 3 is 2.96 bits per heavy atom. The number of thiophene rings is 1. The van der Waals surface area contributed by atoms with Gasteiger partial charge in [0.2, 0.25) is 0 Å². The van der Waals surface area contributed by atoms with E-state index in [1.807, 2.05) is 65.6 Å². The van der Waals surface area contributed by atoms with Crippen LogP contribution in [0, 0.1) is 6.92 Å². The zero-order chi connectivity index (χ0) is 16.1. The van der Waals surface area contributed by atoms with E-state index in [1.54, 1.807) is 11.3 Å². The van der Waals surface area contributed by atoms with Crippen LogP contribution in [-0.4, -0.2) is 22.4 Å². The zero-order valence-corrected chi connectivity index (χ0v) is 13.6. The molecule has 2 N–H and O–H groups in total. The second-order valence-electron chi connectivity index (χ2n) is 5.19. The van der Waals surface area contributed by atoms with E-state index in [4.69, 9.17) is 0 Å². The Hall–Kier alpha value is -2.60. The van der Waals surface area contributed by atoms with Gasteiger partial charge in [0.05, 0.1) is 11.4 Å². The summed E-state index contributed by atoms with van der Waals surface area (Å²) < 4.78 is 1.84. The molecule has 0 saturated heterocycles. The van der Waals surface area contributed by atoms with E-state index < -0.39 is 0 Å². The number of carbonyl (C=O) groups is 1. The first-order valence-corrected chi connectivity index (χ1v) is 8.27. The summed E-state index contributed by atoms with van der Waals surface area (Å²) in [6.45, 7) is 3.14. The summed E-state index contributed by atoms with van der Waals surface area (Å²) in [4.78, 5) is 13.0. The molecule has 0 saturated carbocycles. The molecule has 0 fully saturated rings. The van der Waals surface area contributed by atoms with Crippen LogP contribution >= 0.6 is 11.3 Å². The number of hydrogen-bond acceptors (Lipinski definition) is 3. The normalized spacial score (nSPS) is 10.5. The van der Waals surface area contributed by atoms with E-state index in [1.165, 1.54) is 0 Å². The second-order valence-corrected chi connectivity index (χ2v) is 6.14. The third-order valence-corrected chi connectivity index (χ3v) is 4.21. The molecule has 0 aliphatic heterocycles. The van der Waals surface area contributed by atoms with E-state index >= 15 is 0 Å². The van der Waals surface area contributed by atoms with Gasteiger partial charge in [-0.1, -0.05) is 18.2 Å². The van der Waals surface area contributed by atoms with Crippen LogP contribution in [0.25, 0.3) is 10.6 Å². The van der Waals surface area contributed by atoms with Gasteiger partial charge >= 0.3 is 6.03 Å². The number of amides is 2. The van der Waals surface area contributed by atoms with Gasteiger partial charge < -0.3 is 10.6 Å².